The van der Waals surface area contributed by atoms with Crippen LogP contribution in [0.25, 0.3) is 28.0 Å². The number of benzene rings is 3. The zero-order chi connectivity index (χ0) is 21.9. The van der Waals surface area contributed by atoms with Crippen LogP contribution >= 0.6 is 0 Å². The Bertz CT molecular complexity index is 1410. The Balaban J connectivity index is 1.43. The zero-order valence-corrected chi connectivity index (χ0v) is 17.5. The molecule has 0 saturated carbocycles. The van der Waals surface area contributed by atoms with Crippen molar-refractivity contribution in [2.45, 2.75) is 13.0 Å². The van der Waals surface area contributed by atoms with Crippen molar-refractivity contribution in [3.05, 3.63) is 103 Å². The normalized spacial score (nSPS) is 11.8. The summed E-state index contributed by atoms with van der Waals surface area (Å²) in [5.74, 6) is 1.31. The lowest BCUT2D eigenvalue weighted by Crippen LogP contribution is -2.10. The van der Waals surface area contributed by atoms with Gasteiger partial charge in [0.05, 0.1) is 28.7 Å². The summed E-state index contributed by atoms with van der Waals surface area (Å²) >= 11 is 0. The quantitative estimate of drug-likeness (QED) is 0.408. The summed E-state index contributed by atoms with van der Waals surface area (Å²) in [5.41, 5.74) is 5.75. The molecule has 0 bridgehead atoms. The van der Waals surface area contributed by atoms with Crippen molar-refractivity contribution in [1.82, 2.24) is 19.5 Å². The highest BCUT2D eigenvalue weighted by atomic mass is 15.2. The number of hydrogen-bond acceptors (Lipinski definition) is 5. The molecular weight excluding hydrogens is 396 g/mol. The molecule has 1 atom stereocenters. The smallest absolute Gasteiger partial charge is 0.225 e. The Morgan fingerprint density at radius 2 is 1.69 bits per heavy atom. The number of hydrogen-bond donors (Lipinski definition) is 1. The van der Waals surface area contributed by atoms with E-state index in [-0.39, 0.29) is 6.04 Å². The minimum Gasteiger partial charge on any atom is -0.348 e. The van der Waals surface area contributed by atoms with E-state index >= 15 is 0 Å². The van der Waals surface area contributed by atoms with E-state index in [0.29, 0.717) is 11.5 Å². The number of nitrogens with one attached hydrogen (secondary N) is 1. The lowest BCUT2D eigenvalue weighted by Gasteiger charge is -2.14. The van der Waals surface area contributed by atoms with Crippen LogP contribution in [0.15, 0.2) is 91.4 Å². The van der Waals surface area contributed by atoms with Gasteiger partial charge in [0.2, 0.25) is 5.95 Å². The van der Waals surface area contributed by atoms with Gasteiger partial charge in [-0.2, -0.15) is 10.2 Å². The number of aromatic nitrogens is 4. The third kappa shape index (κ3) is 3.80. The van der Waals surface area contributed by atoms with Gasteiger partial charge in [-0.15, -0.1) is 0 Å². The Morgan fingerprint density at radius 1 is 0.906 bits per heavy atom. The minimum absolute atomic E-state index is 0.0842. The van der Waals surface area contributed by atoms with E-state index in [0.717, 1.165) is 28.0 Å². The monoisotopic (exact) mass is 416 g/mol. The Morgan fingerprint density at radius 3 is 2.47 bits per heavy atom. The molecule has 0 amide bonds. The van der Waals surface area contributed by atoms with Crippen LogP contribution in [0.1, 0.15) is 24.1 Å². The molecule has 6 heteroatoms. The van der Waals surface area contributed by atoms with Gasteiger partial charge in [-0.25, -0.2) is 9.97 Å². The molecule has 154 valence electrons. The molecular formula is C26H20N6. The molecule has 1 unspecified atom stereocenters. The molecule has 5 rings (SSSR count). The van der Waals surface area contributed by atoms with Crippen molar-refractivity contribution < 1.29 is 0 Å². The molecule has 32 heavy (non-hydrogen) atoms. The SMILES string of the molecule is CC(Nc1nccc(-n2cnc3cc(-c4ccc(C#N)cc4)ccc32)n1)c1ccccc1. The largest absolute Gasteiger partial charge is 0.348 e. The summed E-state index contributed by atoms with van der Waals surface area (Å²) in [7, 11) is 0. The minimum atomic E-state index is 0.0842. The highest BCUT2D eigenvalue weighted by Crippen LogP contribution is 2.26. The molecule has 0 radical (unpaired) electrons. The van der Waals surface area contributed by atoms with Crippen LogP contribution in [0.3, 0.4) is 0 Å². The molecule has 0 spiro atoms. The maximum Gasteiger partial charge on any atom is 0.225 e. The van der Waals surface area contributed by atoms with Crippen LogP contribution in [0, 0.1) is 11.3 Å². The summed E-state index contributed by atoms with van der Waals surface area (Å²) in [4.78, 5) is 13.7. The van der Waals surface area contributed by atoms with Crippen molar-refractivity contribution >= 4 is 17.0 Å². The number of imidazole rings is 1. The van der Waals surface area contributed by atoms with Gasteiger partial charge in [-0.05, 0) is 53.9 Å². The first-order chi connectivity index (χ1) is 15.7. The van der Waals surface area contributed by atoms with E-state index in [2.05, 4.69) is 46.5 Å². The fourth-order valence-electron chi connectivity index (χ4n) is 3.68. The van der Waals surface area contributed by atoms with Crippen LogP contribution in [0.5, 0.6) is 0 Å². The number of fused-ring (bicyclic) bond motifs is 1. The first-order valence-corrected chi connectivity index (χ1v) is 10.3. The fraction of sp³-hybridized carbons (Fsp3) is 0.0769. The Hall–Kier alpha value is -4.50. The topological polar surface area (TPSA) is 79.4 Å². The van der Waals surface area contributed by atoms with Gasteiger partial charge in [0, 0.05) is 6.20 Å². The zero-order valence-electron chi connectivity index (χ0n) is 17.5. The van der Waals surface area contributed by atoms with Gasteiger partial charge < -0.3 is 5.32 Å². The predicted molar refractivity (Wildman–Crippen MR) is 125 cm³/mol. The molecule has 5 aromatic rings. The third-order valence-electron chi connectivity index (χ3n) is 5.43. The van der Waals surface area contributed by atoms with Gasteiger partial charge in [-0.3, -0.25) is 4.57 Å². The lowest BCUT2D eigenvalue weighted by atomic mass is 10.0. The highest BCUT2D eigenvalue weighted by Gasteiger charge is 2.11. The average Bonchev–Trinajstić information content (AvgIpc) is 3.28. The molecule has 0 aliphatic heterocycles. The molecule has 3 aromatic carbocycles. The van der Waals surface area contributed by atoms with Crippen molar-refractivity contribution in [2.24, 2.45) is 0 Å². The maximum absolute atomic E-state index is 9.00. The highest BCUT2D eigenvalue weighted by molar-refractivity contribution is 5.83. The van der Waals surface area contributed by atoms with Gasteiger partial charge in [0.25, 0.3) is 0 Å². The van der Waals surface area contributed by atoms with Crippen LogP contribution in [-0.4, -0.2) is 19.5 Å². The molecule has 2 heterocycles. The van der Waals surface area contributed by atoms with E-state index in [9.17, 15) is 0 Å². The molecule has 6 nitrogen and oxygen atoms in total. The fourth-order valence-corrected chi connectivity index (χ4v) is 3.68. The van der Waals surface area contributed by atoms with E-state index in [1.54, 1.807) is 12.5 Å². The van der Waals surface area contributed by atoms with E-state index in [4.69, 9.17) is 10.2 Å². The second-order valence-electron chi connectivity index (χ2n) is 7.52. The number of rotatable bonds is 5. The molecule has 0 saturated heterocycles. The summed E-state index contributed by atoms with van der Waals surface area (Å²) in [6.07, 6.45) is 3.53. The summed E-state index contributed by atoms with van der Waals surface area (Å²) < 4.78 is 1.96. The summed E-state index contributed by atoms with van der Waals surface area (Å²) in [6.45, 7) is 2.09. The maximum atomic E-state index is 9.00. The molecule has 0 aliphatic carbocycles. The van der Waals surface area contributed by atoms with E-state index in [1.807, 2.05) is 65.2 Å². The Labute approximate surface area is 185 Å². The first kappa shape index (κ1) is 19.5. The van der Waals surface area contributed by atoms with E-state index < -0.39 is 0 Å². The second kappa shape index (κ2) is 8.32. The molecule has 0 fully saturated rings. The summed E-state index contributed by atoms with van der Waals surface area (Å²) in [5, 5.41) is 12.4. The number of nitriles is 1. The third-order valence-corrected chi connectivity index (χ3v) is 5.43. The van der Waals surface area contributed by atoms with Gasteiger partial charge in [0.1, 0.15) is 12.1 Å². The van der Waals surface area contributed by atoms with Crippen molar-refractivity contribution in [1.29, 1.82) is 5.26 Å². The summed E-state index contributed by atoms with van der Waals surface area (Å²) in [6, 6.07) is 28.0. The molecule has 1 N–H and O–H groups in total. The van der Waals surface area contributed by atoms with Crippen molar-refractivity contribution in [2.75, 3.05) is 5.32 Å². The average molecular weight is 416 g/mol. The predicted octanol–water partition coefficient (Wildman–Crippen LogP) is 5.53. The van der Waals surface area contributed by atoms with E-state index in [1.165, 1.54) is 5.56 Å². The number of anilines is 1. The van der Waals surface area contributed by atoms with Crippen LogP contribution in [0.2, 0.25) is 0 Å². The lowest BCUT2D eigenvalue weighted by molar-refractivity contribution is 0.854. The van der Waals surface area contributed by atoms with Crippen molar-refractivity contribution in [3.8, 4) is 23.0 Å². The van der Waals surface area contributed by atoms with Crippen LogP contribution in [-0.2, 0) is 0 Å². The van der Waals surface area contributed by atoms with Gasteiger partial charge >= 0.3 is 0 Å². The second-order valence-corrected chi connectivity index (χ2v) is 7.52. The number of nitrogens with zero attached hydrogens (tertiary/aromatic N) is 5. The molecule has 2 aromatic heterocycles. The van der Waals surface area contributed by atoms with Crippen LogP contribution < -0.4 is 5.32 Å². The van der Waals surface area contributed by atoms with Gasteiger partial charge in [-0.1, -0.05) is 48.5 Å². The van der Waals surface area contributed by atoms with Crippen LogP contribution in [0.4, 0.5) is 5.95 Å². The molecule has 0 aliphatic rings. The van der Waals surface area contributed by atoms with Crippen molar-refractivity contribution in [3.63, 3.8) is 0 Å². The Kier molecular flexibility index (Phi) is 5.06. The standard InChI is InChI=1S/C26H20N6/c1-18(20-5-3-2-4-6-20)30-26-28-14-13-25(31-26)32-17-29-23-15-22(11-12-24(23)32)21-9-7-19(16-27)8-10-21/h2-15,17-18H,1H3,(H,28,30,31). The van der Waals surface area contributed by atoms with Gasteiger partial charge in [0.15, 0.2) is 0 Å². The first-order valence-electron chi connectivity index (χ1n) is 10.3.